The third kappa shape index (κ3) is 6.84. The first-order valence-electron chi connectivity index (χ1n) is 20.5. The van der Waals surface area contributed by atoms with Crippen LogP contribution in [0.1, 0.15) is 0 Å². The van der Waals surface area contributed by atoms with Crippen LogP contribution in [0.4, 0.5) is 0 Å². The second-order valence-corrected chi connectivity index (χ2v) is 15.1. The van der Waals surface area contributed by atoms with Crippen molar-refractivity contribution >= 4 is 21.7 Å². The average molecular weight is 780 g/mol. The van der Waals surface area contributed by atoms with Crippen LogP contribution < -0.4 is 0 Å². The van der Waals surface area contributed by atoms with Crippen LogP contribution in [-0.2, 0) is 0 Å². The van der Waals surface area contributed by atoms with Crippen molar-refractivity contribution < 1.29 is 0 Å². The van der Waals surface area contributed by atoms with Gasteiger partial charge in [0.05, 0.1) is 11.2 Å². The molecule has 9 aromatic carbocycles. The number of hydrogen-bond acceptors (Lipinski definition) is 4. The normalized spacial score (nSPS) is 11.3. The third-order valence-electron chi connectivity index (χ3n) is 11.2. The highest BCUT2D eigenvalue weighted by Gasteiger charge is 2.22. The minimum absolute atomic E-state index is 0.612. The van der Waals surface area contributed by atoms with E-state index < -0.39 is 0 Å². The Balaban J connectivity index is 1.09. The Bertz CT molecular complexity index is 3330. The number of benzene rings is 9. The van der Waals surface area contributed by atoms with Gasteiger partial charge in [-0.2, -0.15) is 5.10 Å². The van der Waals surface area contributed by atoms with Crippen LogP contribution >= 0.6 is 0 Å². The van der Waals surface area contributed by atoms with E-state index in [0.29, 0.717) is 17.5 Å². The van der Waals surface area contributed by atoms with E-state index in [4.69, 9.17) is 20.1 Å². The lowest BCUT2D eigenvalue weighted by molar-refractivity contribution is 0.918. The van der Waals surface area contributed by atoms with Crippen molar-refractivity contribution in [2.24, 2.45) is 0 Å². The van der Waals surface area contributed by atoms with Crippen molar-refractivity contribution in [3.05, 3.63) is 224 Å². The maximum atomic E-state index is 5.41. The number of hydrogen-bond donors (Lipinski definition) is 0. The van der Waals surface area contributed by atoms with Crippen molar-refractivity contribution in [3.63, 3.8) is 0 Å². The van der Waals surface area contributed by atoms with Gasteiger partial charge in [0.2, 0.25) is 0 Å². The van der Waals surface area contributed by atoms with Crippen LogP contribution in [-0.4, -0.2) is 24.7 Å². The molecule has 0 aliphatic rings. The van der Waals surface area contributed by atoms with Crippen LogP contribution in [0.15, 0.2) is 224 Å². The summed E-state index contributed by atoms with van der Waals surface area (Å²) in [4.78, 5) is 15.3. The first-order chi connectivity index (χ1) is 30.2. The van der Waals surface area contributed by atoms with Crippen LogP contribution in [0.3, 0.4) is 0 Å². The first kappa shape index (κ1) is 35.8. The van der Waals surface area contributed by atoms with Crippen molar-refractivity contribution in [1.29, 1.82) is 0 Å². The lowest BCUT2D eigenvalue weighted by atomic mass is 9.92. The van der Waals surface area contributed by atoms with E-state index in [1.54, 1.807) is 0 Å². The Hall–Kier alpha value is -8.28. The molecule has 0 N–H and O–H groups in total. The van der Waals surface area contributed by atoms with E-state index in [1.165, 1.54) is 0 Å². The van der Waals surface area contributed by atoms with Crippen LogP contribution in [0.25, 0.3) is 106 Å². The molecule has 286 valence electrons. The Morgan fingerprint density at radius 2 is 0.754 bits per heavy atom. The van der Waals surface area contributed by atoms with Gasteiger partial charge in [0.1, 0.15) is 5.69 Å². The van der Waals surface area contributed by atoms with Gasteiger partial charge in [-0.25, -0.2) is 19.6 Å². The Labute approximate surface area is 354 Å². The second kappa shape index (κ2) is 15.5. The number of fused-ring (bicyclic) bond motifs is 3. The van der Waals surface area contributed by atoms with E-state index >= 15 is 0 Å². The summed E-state index contributed by atoms with van der Waals surface area (Å²) in [5, 5.41) is 8.77. The van der Waals surface area contributed by atoms with Crippen molar-refractivity contribution in [2.45, 2.75) is 0 Å². The van der Waals surface area contributed by atoms with E-state index in [9.17, 15) is 0 Å². The Morgan fingerprint density at radius 1 is 0.311 bits per heavy atom. The van der Waals surface area contributed by atoms with Crippen molar-refractivity contribution in [1.82, 2.24) is 24.7 Å². The molecule has 2 aromatic heterocycles. The number of rotatable bonds is 8. The summed E-state index contributed by atoms with van der Waals surface area (Å²) in [6, 6.07) is 78.1. The van der Waals surface area contributed by atoms with Gasteiger partial charge in [-0.3, -0.25) is 0 Å². The average Bonchev–Trinajstić information content (AvgIpc) is 3.76. The summed E-state index contributed by atoms with van der Waals surface area (Å²) >= 11 is 0. The van der Waals surface area contributed by atoms with E-state index in [2.05, 4.69) is 187 Å². The summed E-state index contributed by atoms with van der Waals surface area (Å²) in [6.45, 7) is 0. The molecule has 0 unspecified atom stereocenters. The molecule has 2 heterocycles. The molecule has 0 amide bonds. The van der Waals surface area contributed by atoms with Crippen molar-refractivity contribution in [3.8, 4) is 84.5 Å². The largest absolute Gasteiger partial charge is 0.232 e. The smallest absolute Gasteiger partial charge is 0.164 e. The van der Waals surface area contributed by atoms with Gasteiger partial charge in [-0.05, 0) is 75.2 Å². The minimum Gasteiger partial charge on any atom is -0.232 e. The quantitative estimate of drug-likeness (QED) is 0.154. The highest BCUT2D eigenvalue weighted by Crippen LogP contribution is 2.43. The van der Waals surface area contributed by atoms with Crippen LogP contribution in [0.2, 0.25) is 0 Å². The van der Waals surface area contributed by atoms with Gasteiger partial charge in [0.15, 0.2) is 17.5 Å². The minimum atomic E-state index is 0.612. The molecule has 61 heavy (non-hydrogen) atoms. The highest BCUT2D eigenvalue weighted by atomic mass is 15.3. The van der Waals surface area contributed by atoms with Crippen LogP contribution in [0, 0.1) is 0 Å². The maximum Gasteiger partial charge on any atom is 0.164 e. The maximum absolute atomic E-state index is 5.41. The fourth-order valence-corrected chi connectivity index (χ4v) is 8.27. The fourth-order valence-electron chi connectivity index (χ4n) is 8.27. The van der Waals surface area contributed by atoms with Gasteiger partial charge in [-0.1, -0.05) is 188 Å². The molecule has 0 saturated carbocycles. The van der Waals surface area contributed by atoms with Gasteiger partial charge in [-0.15, -0.1) is 0 Å². The molecule has 0 aliphatic carbocycles. The summed E-state index contributed by atoms with van der Waals surface area (Å²) in [7, 11) is 0. The molecule has 0 aliphatic heterocycles. The molecule has 5 nitrogen and oxygen atoms in total. The van der Waals surface area contributed by atoms with Crippen LogP contribution in [0.5, 0.6) is 0 Å². The fraction of sp³-hybridized carbons (Fsp3) is 0. The molecular weight excluding hydrogens is 743 g/mol. The molecule has 0 bridgehead atoms. The predicted molar refractivity (Wildman–Crippen MR) is 250 cm³/mol. The van der Waals surface area contributed by atoms with Gasteiger partial charge >= 0.3 is 0 Å². The molecule has 0 fully saturated rings. The number of para-hydroxylation sites is 1. The summed E-state index contributed by atoms with van der Waals surface area (Å²) in [5.74, 6) is 1.86. The molecule has 0 radical (unpaired) electrons. The van der Waals surface area contributed by atoms with Gasteiger partial charge in [0.25, 0.3) is 0 Å². The zero-order valence-corrected chi connectivity index (χ0v) is 33.1. The molecule has 0 atom stereocenters. The van der Waals surface area contributed by atoms with Gasteiger partial charge in [0, 0.05) is 33.0 Å². The number of aromatic nitrogens is 5. The van der Waals surface area contributed by atoms with Crippen molar-refractivity contribution in [2.75, 3.05) is 0 Å². The summed E-state index contributed by atoms with van der Waals surface area (Å²) in [5.41, 5.74) is 13.5. The molecule has 0 saturated heterocycles. The van der Waals surface area contributed by atoms with E-state index in [1.807, 2.05) is 42.5 Å². The topological polar surface area (TPSA) is 56.5 Å². The lowest BCUT2D eigenvalue weighted by Gasteiger charge is -2.13. The zero-order chi connectivity index (χ0) is 40.5. The predicted octanol–water partition coefficient (Wildman–Crippen LogP) is 14.0. The highest BCUT2D eigenvalue weighted by molar-refractivity contribution is 6.18. The molecule has 11 rings (SSSR count). The third-order valence-corrected chi connectivity index (χ3v) is 11.2. The van der Waals surface area contributed by atoms with E-state index in [-0.39, 0.29) is 0 Å². The molecule has 0 spiro atoms. The van der Waals surface area contributed by atoms with Gasteiger partial charge < -0.3 is 0 Å². The standard InChI is InChI=1S/C56H37N5/c1-6-18-38(19-7-1)42-26-16-28-46(34-42)55-57-54(41-24-12-4-13-25-41)58-56(59-55)47-29-17-27-43(35-47)44-32-33-45-37-49(39-20-8-2-9-21-39)51-52(40-22-10-3-11-23-40)60-61(53(51)50(45)36-44)48-30-14-5-15-31-48/h1-37H. The molecular formula is C56H37N5. The lowest BCUT2D eigenvalue weighted by Crippen LogP contribution is -2.00. The summed E-state index contributed by atoms with van der Waals surface area (Å²) in [6.07, 6.45) is 0. The molecule has 11 aromatic rings. The Morgan fingerprint density at radius 3 is 1.34 bits per heavy atom. The number of nitrogens with zero attached hydrogens (tertiary/aromatic N) is 5. The zero-order valence-electron chi connectivity index (χ0n) is 33.1. The summed E-state index contributed by atoms with van der Waals surface area (Å²) < 4.78 is 2.12. The monoisotopic (exact) mass is 779 g/mol. The molecule has 5 heteroatoms. The first-order valence-corrected chi connectivity index (χ1v) is 20.5. The second-order valence-electron chi connectivity index (χ2n) is 15.1. The Kier molecular flexibility index (Phi) is 9.10. The van der Waals surface area contributed by atoms with E-state index in [0.717, 1.165) is 88.7 Å². The SMILES string of the molecule is c1ccc(-c2cccc(-c3nc(-c4ccccc4)nc(-c4cccc(-c5ccc6cc(-c7ccccc7)c7c(-c8ccccc8)nn(-c8ccccc8)c7c6c5)c4)n3)c2)cc1.